The van der Waals surface area contributed by atoms with Gasteiger partial charge in [0.05, 0.1) is 27.8 Å². The van der Waals surface area contributed by atoms with Gasteiger partial charge in [0, 0.05) is 32.3 Å². The molecule has 0 saturated carbocycles. The largest absolute Gasteiger partial charge is 0.337 e. The molecule has 2 aromatic carbocycles. The molecule has 0 atom stereocenters. The number of amides is 1. The van der Waals surface area contributed by atoms with Crippen molar-refractivity contribution in [3.8, 4) is 0 Å². The molecule has 1 amide bonds. The minimum Gasteiger partial charge on any atom is -0.337 e. The fourth-order valence-electron chi connectivity index (χ4n) is 3.20. The number of rotatable bonds is 4. The Balaban J connectivity index is 1.39. The van der Waals surface area contributed by atoms with E-state index < -0.39 is 10.0 Å². The maximum absolute atomic E-state index is 12.7. The molecule has 8 heteroatoms. The van der Waals surface area contributed by atoms with E-state index in [0.717, 1.165) is 11.0 Å². The second-order valence-electron chi connectivity index (χ2n) is 6.66. The van der Waals surface area contributed by atoms with Crippen LogP contribution in [0.15, 0.2) is 71.8 Å². The number of fused-ring (bicyclic) bond motifs is 1. The molecule has 29 heavy (non-hydrogen) atoms. The van der Waals surface area contributed by atoms with Crippen LogP contribution in [0.2, 0.25) is 0 Å². The van der Waals surface area contributed by atoms with Gasteiger partial charge in [0.2, 0.25) is 15.9 Å². The maximum atomic E-state index is 12.7. The second kappa shape index (κ2) is 8.10. The summed E-state index contributed by atoms with van der Waals surface area (Å²) in [5, 5.41) is 0. The first-order chi connectivity index (χ1) is 14.0. The first-order valence-corrected chi connectivity index (χ1v) is 10.7. The summed E-state index contributed by atoms with van der Waals surface area (Å²) in [4.78, 5) is 23.2. The highest BCUT2D eigenvalue weighted by Gasteiger charge is 2.29. The molecule has 148 valence electrons. The monoisotopic (exact) mass is 408 g/mol. The Morgan fingerprint density at radius 2 is 1.55 bits per heavy atom. The van der Waals surface area contributed by atoms with Crippen LogP contribution < -0.4 is 0 Å². The van der Waals surface area contributed by atoms with E-state index >= 15 is 0 Å². The van der Waals surface area contributed by atoms with Gasteiger partial charge in [-0.1, -0.05) is 30.3 Å². The fourth-order valence-corrected chi connectivity index (χ4v) is 4.65. The number of nitrogens with zero attached hydrogens (tertiary/aromatic N) is 4. The Hall–Kier alpha value is -3.10. The normalized spacial score (nSPS) is 15.8. The van der Waals surface area contributed by atoms with Gasteiger partial charge < -0.3 is 4.90 Å². The van der Waals surface area contributed by atoms with E-state index in [1.807, 2.05) is 24.3 Å². The third-order valence-electron chi connectivity index (χ3n) is 4.80. The molecular weight excluding hydrogens is 388 g/mol. The number of carbonyl (C=O) groups is 1. The zero-order chi connectivity index (χ0) is 20.3. The van der Waals surface area contributed by atoms with Gasteiger partial charge in [-0.3, -0.25) is 9.78 Å². The molecule has 1 fully saturated rings. The Labute approximate surface area is 169 Å². The van der Waals surface area contributed by atoms with Crippen LogP contribution in [0, 0.1) is 0 Å². The van der Waals surface area contributed by atoms with E-state index in [9.17, 15) is 13.2 Å². The molecule has 3 aromatic rings. The zero-order valence-electron chi connectivity index (χ0n) is 15.7. The molecule has 1 aromatic heterocycles. The SMILES string of the molecule is O=C(/C=C/c1cnc2ccccc2n1)N1CCN(S(=O)(=O)c2ccccc2)CC1. The van der Waals surface area contributed by atoms with Gasteiger partial charge in [-0.25, -0.2) is 13.4 Å². The van der Waals surface area contributed by atoms with E-state index in [-0.39, 0.29) is 23.9 Å². The zero-order valence-corrected chi connectivity index (χ0v) is 16.5. The lowest BCUT2D eigenvalue weighted by Crippen LogP contribution is -2.50. The summed E-state index contributed by atoms with van der Waals surface area (Å²) in [7, 11) is -3.53. The van der Waals surface area contributed by atoms with Crippen molar-refractivity contribution in [3.05, 3.63) is 72.6 Å². The third-order valence-corrected chi connectivity index (χ3v) is 6.71. The lowest BCUT2D eigenvalue weighted by molar-refractivity contribution is -0.127. The number of para-hydroxylation sites is 2. The molecule has 0 spiro atoms. The Morgan fingerprint density at radius 3 is 2.28 bits per heavy atom. The predicted molar refractivity (Wildman–Crippen MR) is 110 cm³/mol. The quantitative estimate of drug-likeness (QED) is 0.618. The average Bonchev–Trinajstić information content (AvgIpc) is 2.78. The van der Waals surface area contributed by atoms with Gasteiger partial charge >= 0.3 is 0 Å². The van der Waals surface area contributed by atoms with E-state index in [1.54, 1.807) is 47.5 Å². The van der Waals surface area contributed by atoms with E-state index in [1.165, 1.54) is 10.4 Å². The number of hydrogen-bond donors (Lipinski definition) is 0. The fraction of sp³-hybridized carbons (Fsp3) is 0.190. The highest BCUT2D eigenvalue weighted by molar-refractivity contribution is 7.89. The van der Waals surface area contributed by atoms with Crippen LogP contribution in [0.1, 0.15) is 5.69 Å². The smallest absolute Gasteiger partial charge is 0.246 e. The summed E-state index contributed by atoms with van der Waals surface area (Å²) < 4.78 is 26.8. The van der Waals surface area contributed by atoms with Gasteiger partial charge in [-0.15, -0.1) is 0 Å². The van der Waals surface area contributed by atoms with Gasteiger partial charge in [-0.2, -0.15) is 4.31 Å². The molecular formula is C21H20N4O3S. The molecule has 0 radical (unpaired) electrons. The molecule has 7 nitrogen and oxygen atoms in total. The van der Waals surface area contributed by atoms with Crippen molar-refractivity contribution in [3.63, 3.8) is 0 Å². The number of benzene rings is 2. The van der Waals surface area contributed by atoms with Gasteiger partial charge in [-0.05, 0) is 30.3 Å². The van der Waals surface area contributed by atoms with E-state index in [4.69, 9.17) is 0 Å². The standard InChI is InChI=1S/C21H20N4O3S/c26-21(11-10-17-16-22-19-8-4-5-9-20(19)23-17)24-12-14-25(15-13-24)29(27,28)18-6-2-1-3-7-18/h1-11,16H,12-15H2/b11-10+. The topological polar surface area (TPSA) is 83.5 Å². The predicted octanol–water partition coefficient (Wildman–Crippen LogP) is 2.18. The minimum absolute atomic E-state index is 0.170. The molecule has 0 N–H and O–H groups in total. The highest BCUT2D eigenvalue weighted by atomic mass is 32.2. The molecule has 0 unspecified atom stereocenters. The summed E-state index contributed by atoms with van der Waals surface area (Å²) in [5.41, 5.74) is 2.16. The number of sulfonamides is 1. The van der Waals surface area contributed by atoms with Crippen molar-refractivity contribution < 1.29 is 13.2 Å². The molecule has 4 rings (SSSR count). The Bertz CT molecular complexity index is 1150. The summed E-state index contributed by atoms with van der Waals surface area (Å²) in [6.45, 7) is 1.23. The van der Waals surface area contributed by atoms with Crippen LogP contribution in [0.25, 0.3) is 17.1 Å². The number of hydrogen-bond acceptors (Lipinski definition) is 5. The summed E-state index contributed by atoms with van der Waals surface area (Å²) in [5.74, 6) is -0.170. The van der Waals surface area contributed by atoms with Crippen LogP contribution in [0.4, 0.5) is 0 Å². The minimum atomic E-state index is -3.53. The van der Waals surface area contributed by atoms with Crippen LogP contribution in [-0.2, 0) is 14.8 Å². The van der Waals surface area contributed by atoms with Crippen molar-refractivity contribution in [1.82, 2.24) is 19.2 Å². The molecule has 1 aliphatic rings. The first-order valence-electron chi connectivity index (χ1n) is 9.28. The summed E-state index contributed by atoms with van der Waals surface area (Å²) >= 11 is 0. The van der Waals surface area contributed by atoms with Crippen LogP contribution >= 0.6 is 0 Å². The van der Waals surface area contributed by atoms with Gasteiger partial charge in [0.15, 0.2) is 0 Å². The third kappa shape index (κ3) is 4.18. The Kier molecular flexibility index (Phi) is 5.37. The van der Waals surface area contributed by atoms with Crippen molar-refractivity contribution in [2.24, 2.45) is 0 Å². The summed E-state index contributed by atoms with van der Waals surface area (Å²) in [6, 6.07) is 15.9. The molecule has 2 heterocycles. The lowest BCUT2D eigenvalue weighted by atomic mass is 10.3. The van der Waals surface area contributed by atoms with E-state index in [0.29, 0.717) is 18.8 Å². The second-order valence-corrected chi connectivity index (χ2v) is 8.60. The number of aromatic nitrogens is 2. The lowest BCUT2D eigenvalue weighted by Gasteiger charge is -2.33. The molecule has 1 aliphatic heterocycles. The number of piperazine rings is 1. The Morgan fingerprint density at radius 1 is 0.897 bits per heavy atom. The van der Waals surface area contributed by atoms with E-state index in [2.05, 4.69) is 9.97 Å². The molecule has 1 saturated heterocycles. The number of carbonyl (C=O) groups excluding carboxylic acids is 1. The van der Waals surface area contributed by atoms with Gasteiger partial charge in [0.25, 0.3) is 0 Å². The molecule has 0 bridgehead atoms. The van der Waals surface area contributed by atoms with Crippen molar-refractivity contribution in [2.75, 3.05) is 26.2 Å². The van der Waals surface area contributed by atoms with Crippen molar-refractivity contribution in [2.45, 2.75) is 4.90 Å². The van der Waals surface area contributed by atoms with Crippen molar-refractivity contribution >= 4 is 33.0 Å². The summed E-state index contributed by atoms with van der Waals surface area (Å²) in [6.07, 6.45) is 4.71. The van der Waals surface area contributed by atoms with Crippen molar-refractivity contribution in [1.29, 1.82) is 0 Å². The van der Waals surface area contributed by atoms with Crippen LogP contribution in [-0.4, -0.2) is 59.7 Å². The van der Waals surface area contributed by atoms with Crippen LogP contribution in [0.3, 0.4) is 0 Å². The van der Waals surface area contributed by atoms with Gasteiger partial charge in [0.1, 0.15) is 0 Å². The first kappa shape index (κ1) is 19.2. The molecule has 0 aliphatic carbocycles. The van der Waals surface area contributed by atoms with Crippen LogP contribution in [0.5, 0.6) is 0 Å². The highest BCUT2D eigenvalue weighted by Crippen LogP contribution is 2.17. The average molecular weight is 408 g/mol. The maximum Gasteiger partial charge on any atom is 0.246 e.